The van der Waals surface area contributed by atoms with Gasteiger partial charge >= 0.3 is 0 Å². The van der Waals surface area contributed by atoms with Crippen LogP contribution in [-0.2, 0) is 5.41 Å². The Bertz CT molecular complexity index is 1260. The lowest BCUT2D eigenvalue weighted by Crippen LogP contribution is -2.18. The highest BCUT2D eigenvalue weighted by atomic mass is 16.2. The summed E-state index contributed by atoms with van der Waals surface area (Å²) in [6.07, 6.45) is 3.56. The molecule has 0 unspecified atom stereocenters. The van der Waals surface area contributed by atoms with E-state index in [9.17, 15) is 4.79 Å². The number of carbonyl (C=O) groups is 1. The van der Waals surface area contributed by atoms with Gasteiger partial charge in [0, 0.05) is 22.9 Å². The van der Waals surface area contributed by atoms with E-state index in [-0.39, 0.29) is 11.3 Å². The largest absolute Gasteiger partial charge is 0.271 e. The van der Waals surface area contributed by atoms with Crippen LogP contribution in [0.1, 0.15) is 47.8 Å². The Labute approximate surface area is 194 Å². The van der Waals surface area contributed by atoms with Gasteiger partial charge in [-0.05, 0) is 42.2 Å². The Morgan fingerprint density at radius 2 is 1.61 bits per heavy atom. The third-order valence-corrected chi connectivity index (χ3v) is 5.47. The second-order valence-electron chi connectivity index (χ2n) is 9.11. The summed E-state index contributed by atoms with van der Waals surface area (Å²) < 4.78 is 1.82. The average molecular weight is 437 g/mol. The first kappa shape index (κ1) is 22.2. The lowest BCUT2D eigenvalue weighted by Gasteiger charge is -2.18. The zero-order chi connectivity index (χ0) is 23.4. The van der Waals surface area contributed by atoms with E-state index < -0.39 is 0 Å². The SMILES string of the molecule is Cc1ccc(-c2nn(-c3ccccc3)cc2/C=N\NC(=O)c2ccc(C(C)(C)C)cc2)cc1. The molecule has 4 aromatic rings. The van der Waals surface area contributed by atoms with Crippen LogP contribution in [0.5, 0.6) is 0 Å². The van der Waals surface area contributed by atoms with Crippen LogP contribution in [-0.4, -0.2) is 21.9 Å². The van der Waals surface area contributed by atoms with Gasteiger partial charge in [0.25, 0.3) is 5.91 Å². The maximum Gasteiger partial charge on any atom is 0.271 e. The monoisotopic (exact) mass is 436 g/mol. The molecule has 0 aliphatic rings. The fraction of sp³-hybridized carbons (Fsp3) is 0.179. The van der Waals surface area contributed by atoms with Crippen LogP contribution in [0, 0.1) is 6.92 Å². The number of para-hydroxylation sites is 1. The Kier molecular flexibility index (Phi) is 6.22. The zero-order valence-electron chi connectivity index (χ0n) is 19.4. The van der Waals surface area contributed by atoms with E-state index in [0.29, 0.717) is 5.56 Å². The molecule has 0 saturated carbocycles. The van der Waals surface area contributed by atoms with Gasteiger partial charge in [-0.15, -0.1) is 0 Å². The zero-order valence-corrected chi connectivity index (χ0v) is 19.4. The number of nitrogens with zero attached hydrogens (tertiary/aromatic N) is 3. The Hall–Kier alpha value is -3.99. The van der Waals surface area contributed by atoms with Gasteiger partial charge < -0.3 is 0 Å². The van der Waals surface area contributed by atoms with Crippen LogP contribution in [0.3, 0.4) is 0 Å². The minimum absolute atomic E-state index is 0.0401. The number of hydrazone groups is 1. The Balaban J connectivity index is 1.58. The van der Waals surface area contributed by atoms with Gasteiger partial charge in [0.05, 0.1) is 11.9 Å². The maximum atomic E-state index is 12.6. The topological polar surface area (TPSA) is 59.3 Å². The molecule has 1 N–H and O–H groups in total. The lowest BCUT2D eigenvalue weighted by molar-refractivity contribution is 0.0955. The lowest BCUT2D eigenvalue weighted by atomic mass is 9.87. The Morgan fingerprint density at radius 1 is 0.939 bits per heavy atom. The maximum absolute atomic E-state index is 12.6. The molecule has 0 fully saturated rings. The summed E-state index contributed by atoms with van der Waals surface area (Å²) in [5.74, 6) is -0.251. The molecule has 0 spiro atoms. The summed E-state index contributed by atoms with van der Waals surface area (Å²) >= 11 is 0. The van der Waals surface area contributed by atoms with Gasteiger partial charge in [-0.1, -0.05) is 80.9 Å². The summed E-state index contributed by atoms with van der Waals surface area (Å²) in [7, 11) is 0. The van der Waals surface area contributed by atoms with E-state index in [4.69, 9.17) is 5.10 Å². The van der Waals surface area contributed by atoms with Crippen molar-refractivity contribution in [1.82, 2.24) is 15.2 Å². The predicted molar refractivity (Wildman–Crippen MR) is 134 cm³/mol. The van der Waals surface area contributed by atoms with Gasteiger partial charge in [-0.25, -0.2) is 10.1 Å². The quantitative estimate of drug-likeness (QED) is 0.312. The highest BCUT2D eigenvalue weighted by molar-refractivity contribution is 5.95. The average Bonchev–Trinajstić information content (AvgIpc) is 3.24. The highest BCUT2D eigenvalue weighted by Crippen LogP contribution is 2.24. The normalized spacial score (nSPS) is 11.6. The molecule has 1 heterocycles. The first-order valence-electron chi connectivity index (χ1n) is 11.0. The van der Waals surface area contributed by atoms with Crippen LogP contribution in [0.2, 0.25) is 0 Å². The molecule has 4 rings (SSSR count). The molecule has 0 aliphatic carbocycles. The second-order valence-corrected chi connectivity index (χ2v) is 9.11. The van der Waals surface area contributed by atoms with E-state index >= 15 is 0 Å². The van der Waals surface area contributed by atoms with E-state index in [1.807, 2.05) is 77.6 Å². The fourth-order valence-electron chi connectivity index (χ4n) is 3.48. The van der Waals surface area contributed by atoms with Crippen molar-refractivity contribution in [1.29, 1.82) is 0 Å². The van der Waals surface area contributed by atoms with E-state index in [1.54, 1.807) is 6.21 Å². The van der Waals surface area contributed by atoms with Crippen LogP contribution in [0.15, 0.2) is 90.2 Å². The Morgan fingerprint density at radius 3 is 2.24 bits per heavy atom. The van der Waals surface area contributed by atoms with E-state index in [2.05, 4.69) is 50.4 Å². The number of benzene rings is 3. The number of hydrogen-bond donors (Lipinski definition) is 1. The molecule has 0 saturated heterocycles. The van der Waals surface area contributed by atoms with Crippen molar-refractivity contribution in [2.75, 3.05) is 0 Å². The molecule has 0 atom stereocenters. The minimum atomic E-state index is -0.251. The fourth-order valence-corrected chi connectivity index (χ4v) is 3.48. The number of aromatic nitrogens is 2. The molecule has 1 amide bonds. The van der Waals surface area contributed by atoms with E-state index in [0.717, 1.165) is 22.5 Å². The predicted octanol–water partition coefficient (Wildman–Crippen LogP) is 5.91. The molecule has 3 aromatic carbocycles. The molecule has 33 heavy (non-hydrogen) atoms. The summed E-state index contributed by atoms with van der Waals surface area (Å²) in [4.78, 5) is 12.6. The third-order valence-electron chi connectivity index (χ3n) is 5.47. The summed E-state index contributed by atoms with van der Waals surface area (Å²) in [6.45, 7) is 8.49. The van der Waals surface area contributed by atoms with E-state index in [1.165, 1.54) is 11.1 Å². The number of hydrogen-bond acceptors (Lipinski definition) is 3. The summed E-state index contributed by atoms with van der Waals surface area (Å²) in [5, 5.41) is 9.00. The van der Waals surface area contributed by atoms with Gasteiger partial charge in [-0.2, -0.15) is 10.2 Å². The van der Waals surface area contributed by atoms with Crippen LogP contribution in [0.4, 0.5) is 0 Å². The van der Waals surface area contributed by atoms with Crippen molar-refractivity contribution in [3.63, 3.8) is 0 Å². The van der Waals surface area contributed by atoms with Crippen LogP contribution in [0.25, 0.3) is 16.9 Å². The molecule has 166 valence electrons. The number of nitrogens with one attached hydrogen (secondary N) is 1. The van der Waals surface area contributed by atoms with Crippen molar-refractivity contribution in [2.45, 2.75) is 33.1 Å². The molecule has 5 heteroatoms. The van der Waals surface area contributed by atoms with Crippen molar-refractivity contribution in [3.8, 4) is 16.9 Å². The van der Waals surface area contributed by atoms with Crippen LogP contribution >= 0.6 is 0 Å². The minimum Gasteiger partial charge on any atom is -0.267 e. The van der Waals surface area contributed by atoms with Gasteiger partial charge in [0.1, 0.15) is 5.69 Å². The number of aryl methyl sites for hydroxylation is 1. The first-order chi connectivity index (χ1) is 15.8. The molecule has 0 bridgehead atoms. The van der Waals surface area contributed by atoms with Gasteiger partial charge in [0.2, 0.25) is 0 Å². The smallest absolute Gasteiger partial charge is 0.267 e. The molecular weight excluding hydrogens is 408 g/mol. The van der Waals surface area contributed by atoms with Crippen molar-refractivity contribution >= 4 is 12.1 Å². The molecule has 0 aliphatic heterocycles. The molecule has 0 radical (unpaired) electrons. The molecule has 1 aromatic heterocycles. The second kappa shape index (κ2) is 9.25. The summed E-state index contributed by atoms with van der Waals surface area (Å²) in [6, 6.07) is 25.7. The molecular formula is C28H28N4O. The van der Waals surface area contributed by atoms with Gasteiger partial charge in [0.15, 0.2) is 0 Å². The highest BCUT2D eigenvalue weighted by Gasteiger charge is 2.14. The van der Waals surface area contributed by atoms with Crippen LogP contribution < -0.4 is 5.43 Å². The summed E-state index contributed by atoms with van der Waals surface area (Å²) in [5.41, 5.74) is 9.15. The third kappa shape index (κ3) is 5.26. The number of carbonyl (C=O) groups excluding carboxylic acids is 1. The first-order valence-corrected chi connectivity index (χ1v) is 11.0. The standard InChI is InChI=1S/C28H28N4O/c1-20-10-12-21(13-11-20)26-23(19-32(31-26)25-8-6-5-7-9-25)18-29-30-27(33)22-14-16-24(17-15-22)28(2,3)4/h5-19H,1-4H3,(H,30,33)/b29-18-. The van der Waals surface area contributed by atoms with Crippen molar-refractivity contribution < 1.29 is 4.79 Å². The van der Waals surface area contributed by atoms with Crippen molar-refractivity contribution in [3.05, 3.63) is 107 Å². The van der Waals surface area contributed by atoms with Gasteiger partial charge in [-0.3, -0.25) is 4.79 Å². The van der Waals surface area contributed by atoms with Crippen molar-refractivity contribution in [2.24, 2.45) is 5.10 Å². The number of rotatable bonds is 5. The molecule has 5 nitrogen and oxygen atoms in total. The number of amides is 1.